The van der Waals surface area contributed by atoms with E-state index < -0.39 is 7.12 Å². The Bertz CT molecular complexity index is 735. The van der Waals surface area contributed by atoms with Gasteiger partial charge in [-0.2, -0.15) is 0 Å². The molecule has 2 N–H and O–H groups in total. The van der Waals surface area contributed by atoms with Gasteiger partial charge in [0.05, 0.1) is 0 Å². The lowest BCUT2D eigenvalue weighted by Gasteiger charge is -2.06. The molecule has 6 heteroatoms. The van der Waals surface area contributed by atoms with Crippen LogP contribution in [0.3, 0.4) is 0 Å². The first kappa shape index (κ1) is 12.6. The van der Waals surface area contributed by atoms with Crippen molar-refractivity contribution < 1.29 is 14.8 Å². The predicted molar refractivity (Wildman–Crippen MR) is 75.9 cm³/mol. The van der Waals surface area contributed by atoms with Crippen molar-refractivity contribution >= 4 is 23.4 Å². The molecule has 20 heavy (non-hydrogen) atoms. The zero-order chi connectivity index (χ0) is 13.9. The molecule has 0 bridgehead atoms. The van der Waals surface area contributed by atoms with Gasteiger partial charge in [0, 0.05) is 12.4 Å². The molecule has 0 unspecified atom stereocenters. The van der Waals surface area contributed by atoms with Crippen LogP contribution in [0.2, 0.25) is 0 Å². The molecule has 0 aliphatic carbocycles. The van der Waals surface area contributed by atoms with Crippen molar-refractivity contribution in [1.29, 1.82) is 0 Å². The van der Waals surface area contributed by atoms with Gasteiger partial charge < -0.3 is 14.8 Å². The van der Waals surface area contributed by atoms with Gasteiger partial charge in [0.25, 0.3) is 0 Å². The van der Waals surface area contributed by atoms with E-state index in [2.05, 4.69) is 9.97 Å². The summed E-state index contributed by atoms with van der Waals surface area (Å²) in [5.41, 5.74) is 0.456. The fraction of sp³-hybridized carbons (Fsp3) is 0. The highest BCUT2D eigenvalue weighted by molar-refractivity contribution is 6.58. The van der Waals surface area contributed by atoms with E-state index in [0.29, 0.717) is 11.2 Å². The first-order chi connectivity index (χ1) is 9.72. The van der Waals surface area contributed by atoms with Crippen LogP contribution in [0.1, 0.15) is 0 Å². The Hall–Kier alpha value is -2.44. The molecule has 2 aromatic carbocycles. The Morgan fingerprint density at radius 2 is 1.60 bits per heavy atom. The molecule has 1 heterocycles. The molecular formula is C14H11BN2O3. The lowest BCUT2D eigenvalue weighted by atomic mass is 9.79. The predicted octanol–water partition coefficient (Wildman–Crippen LogP) is 1.10. The molecule has 3 aromatic rings. The van der Waals surface area contributed by atoms with Crippen LogP contribution in [0, 0.1) is 0 Å². The van der Waals surface area contributed by atoms with Crippen LogP contribution in [0.4, 0.5) is 0 Å². The van der Waals surface area contributed by atoms with E-state index in [0.717, 1.165) is 10.8 Å². The highest BCUT2D eigenvalue weighted by Gasteiger charge is 2.11. The van der Waals surface area contributed by atoms with Crippen LogP contribution in [0.5, 0.6) is 11.8 Å². The maximum absolute atomic E-state index is 9.15. The Balaban J connectivity index is 1.93. The minimum Gasteiger partial charge on any atom is -0.424 e. The summed E-state index contributed by atoms with van der Waals surface area (Å²) in [6, 6.07) is 12.7. The summed E-state index contributed by atoms with van der Waals surface area (Å²) >= 11 is 0. The fourth-order valence-corrected chi connectivity index (χ4v) is 1.91. The van der Waals surface area contributed by atoms with Gasteiger partial charge in [0.2, 0.25) is 0 Å². The topological polar surface area (TPSA) is 75.5 Å². The molecule has 0 radical (unpaired) electrons. The third-order valence-corrected chi connectivity index (χ3v) is 2.89. The first-order valence-electron chi connectivity index (χ1n) is 6.07. The van der Waals surface area contributed by atoms with Gasteiger partial charge in [-0.3, -0.25) is 0 Å². The summed E-state index contributed by atoms with van der Waals surface area (Å²) in [4.78, 5) is 7.98. The smallest absolute Gasteiger partial charge is 0.424 e. The molecule has 0 aliphatic rings. The normalized spacial score (nSPS) is 10.5. The highest BCUT2D eigenvalue weighted by Crippen LogP contribution is 2.23. The second kappa shape index (κ2) is 5.28. The fourth-order valence-electron chi connectivity index (χ4n) is 1.91. The summed E-state index contributed by atoms with van der Waals surface area (Å²) in [6.07, 6.45) is 3.22. The van der Waals surface area contributed by atoms with Gasteiger partial charge in [0.15, 0.2) is 0 Å². The van der Waals surface area contributed by atoms with Crippen molar-refractivity contribution in [2.75, 3.05) is 0 Å². The van der Waals surface area contributed by atoms with E-state index in [1.807, 2.05) is 18.2 Å². The molecule has 0 amide bonds. The number of hydrogen-bond acceptors (Lipinski definition) is 5. The Morgan fingerprint density at radius 3 is 2.35 bits per heavy atom. The lowest BCUT2D eigenvalue weighted by Crippen LogP contribution is -2.29. The number of hydrogen-bond donors (Lipinski definition) is 2. The third kappa shape index (κ3) is 2.61. The zero-order valence-electron chi connectivity index (χ0n) is 10.5. The summed E-state index contributed by atoms with van der Waals surface area (Å²) in [5.74, 6) is 0.626. The minimum absolute atomic E-state index is 0.286. The summed E-state index contributed by atoms with van der Waals surface area (Å²) in [6.45, 7) is 0. The largest absolute Gasteiger partial charge is 0.488 e. The number of rotatable bonds is 3. The number of benzene rings is 2. The maximum atomic E-state index is 9.15. The Labute approximate surface area is 115 Å². The third-order valence-electron chi connectivity index (χ3n) is 2.89. The van der Waals surface area contributed by atoms with Crippen molar-refractivity contribution in [3.05, 3.63) is 54.9 Å². The van der Waals surface area contributed by atoms with Gasteiger partial charge in [-0.1, -0.05) is 24.3 Å². The lowest BCUT2D eigenvalue weighted by molar-refractivity contribution is 0.426. The molecule has 0 spiro atoms. The number of aromatic nitrogens is 2. The van der Waals surface area contributed by atoms with Gasteiger partial charge in [-0.15, -0.1) is 0 Å². The molecule has 1 aromatic heterocycles. The average Bonchev–Trinajstić information content (AvgIpc) is 2.47. The quantitative estimate of drug-likeness (QED) is 0.694. The molecule has 3 rings (SSSR count). The van der Waals surface area contributed by atoms with Crippen LogP contribution < -0.4 is 10.2 Å². The van der Waals surface area contributed by atoms with Gasteiger partial charge >= 0.3 is 13.1 Å². The highest BCUT2D eigenvalue weighted by atomic mass is 16.5. The average molecular weight is 266 g/mol. The van der Waals surface area contributed by atoms with E-state index in [1.165, 1.54) is 0 Å². The number of fused-ring (bicyclic) bond motifs is 1. The van der Waals surface area contributed by atoms with E-state index >= 15 is 0 Å². The standard InChI is InChI=1S/C14H11BN2O3/c18-15(19)12-4-2-11-9-13(5-3-10(11)8-12)20-14-16-6-1-7-17-14/h1-9,18-19H. The van der Waals surface area contributed by atoms with Crippen molar-refractivity contribution in [1.82, 2.24) is 9.97 Å². The van der Waals surface area contributed by atoms with Crippen molar-refractivity contribution in [3.8, 4) is 11.8 Å². The van der Waals surface area contributed by atoms with Crippen LogP contribution in [0.25, 0.3) is 10.8 Å². The molecule has 98 valence electrons. The molecule has 0 atom stereocenters. The van der Waals surface area contributed by atoms with E-state index in [1.54, 1.807) is 36.7 Å². The van der Waals surface area contributed by atoms with Gasteiger partial charge in [-0.05, 0) is 34.4 Å². The molecule has 0 saturated carbocycles. The Kier molecular flexibility index (Phi) is 3.33. The molecule has 0 fully saturated rings. The maximum Gasteiger partial charge on any atom is 0.488 e. The summed E-state index contributed by atoms with van der Waals surface area (Å²) in [7, 11) is -1.46. The van der Waals surface area contributed by atoms with Gasteiger partial charge in [-0.25, -0.2) is 9.97 Å². The minimum atomic E-state index is -1.46. The second-order valence-corrected chi connectivity index (χ2v) is 4.28. The van der Waals surface area contributed by atoms with Crippen LogP contribution in [-0.4, -0.2) is 27.1 Å². The van der Waals surface area contributed by atoms with Crippen LogP contribution >= 0.6 is 0 Å². The summed E-state index contributed by atoms with van der Waals surface area (Å²) < 4.78 is 5.54. The van der Waals surface area contributed by atoms with Crippen LogP contribution in [-0.2, 0) is 0 Å². The molecule has 5 nitrogen and oxygen atoms in total. The van der Waals surface area contributed by atoms with Crippen molar-refractivity contribution in [2.24, 2.45) is 0 Å². The number of ether oxygens (including phenoxy) is 1. The van der Waals surface area contributed by atoms with E-state index in [9.17, 15) is 0 Å². The SMILES string of the molecule is OB(O)c1ccc2cc(Oc3ncccn3)ccc2c1. The van der Waals surface area contributed by atoms with E-state index in [-0.39, 0.29) is 6.01 Å². The monoisotopic (exact) mass is 266 g/mol. The van der Waals surface area contributed by atoms with E-state index in [4.69, 9.17) is 14.8 Å². The van der Waals surface area contributed by atoms with Crippen molar-refractivity contribution in [2.45, 2.75) is 0 Å². The van der Waals surface area contributed by atoms with Gasteiger partial charge in [0.1, 0.15) is 5.75 Å². The number of nitrogens with zero attached hydrogens (tertiary/aromatic N) is 2. The Morgan fingerprint density at radius 1 is 0.900 bits per heavy atom. The first-order valence-corrected chi connectivity index (χ1v) is 6.07. The zero-order valence-corrected chi connectivity index (χ0v) is 10.5. The van der Waals surface area contributed by atoms with Crippen LogP contribution in [0.15, 0.2) is 54.9 Å². The van der Waals surface area contributed by atoms with Crippen molar-refractivity contribution in [3.63, 3.8) is 0 Å². The second-order valence-electron chi connectivity index (χ2n) is 4.28. The molecule has 0 aliphatic heterocycles. The molecule has 0 saturated heterocycles. The molecular weight excluding hydrogens is 255 g/mol. The summed E-state index contributed by atoms with van der Waals surface area (Å²) in [5, 5.41) is 20.1.